The Morgan fingerprint density at radius 1 is 1.33 bits per heavy atom. The molecule has 15 heavy (non-hydrogen) atoms. The number of nitrogens with zero attached hydrogens (tertiary/aromatic N) is 1. The molecule has 2 aromatic rings. The highest BCUT2D eigenvalue weighted by molar-refractivity contribution is 5.52. The molecule has 0 spiro atoms. The van der Waals surface area contributed by atoms with E-state index in [2.05, 4.69) is 4.98 Å². The highest BCUT2D eigenvalue weighted by Crippen LogP contribution is 2.18. The Hall–Kier alpha value is -2.28. The van der Waals surface area contributed by atoms with E-state index in [1.54, 1.807) is 18.2 Å². The van der Waals surface area contributed by atoms with Crippen LogP contribution in [0.15, 0.2) is 33.5 Å². The standard InChI is InChI=1S/C11H8N2O2/c1-7-2-5-10(15-7)9-4-3-8(6-12)11(14)13-9/h2-5H,1H3,(H,13,14). The molecule has 0 bridgehead atoms. The largest absolute Gasteiger partial charge is 0.460 e. The van der Waals surface area contributed by atoms with E-state index in [0.717, 1.165) is 5.76 Å². The van der Waals surface area contributed by atoms with E-state index < -0.39 is 5.56 Å². The van der Waals surface area contributed by atoms with Gasteiger partial charge in [-0.1, -0.05) is 0 Å². The first kappa shape index (κ1) is 9.28. The first-order valence-corrected chi connectivity index (χ1v) is 4.41. The van der Waals surface area contributed by atoms with Crippen LogP contribution in [0.4, 0.5) is 0 Å². The minimum absolute atomic E-state index is 0.0991. The maximum Gasteiger partial charge on any atom is 0.266 e. The summed E-state index contributed by atoms with van der Waals surface area (Å²) in [6.07, 6.45) is 0. The van der Waals surface area contributed by atoms with Crippen molar-refractivity contribution in [3.8, 4) is 17.5 Å². The van der Waals surface area contributed by atoms with Crippen LogP contribution in [-0.4, -0.2) is 4.98 Å². The zero-order valence-corrected chi connectivity index (χ0v) is 8.07. The lowest BCUT2D eigenvalue weighted by molar-refractivity contribution is 0.546. The van der Waals surface area contributed by atoms with E-state index in [1.807, 2.05) is 13.0 Å². The molecule has 0 aliphatic rings. The van der Waals surface area contributed by atoms with E-state index in [4.69, 9.17) is 9.68 Å². The summed E-state index contributed by atoms with van der Waals surface area (Å²) in [4.78, 5) is 13.9. The number of H-pyrrole nitrogens is 1. The molecular formula is C11H8N2O2. The molecule has 0 saturated carbocycles. The molecule has 0 radical (unpaired) electrons. The van der Waals surface area contributed by atoms with E-state index >= 15 is 0 Å². The number of furan rings is 1. The average molecular weight is 200 g/mol. The topological polar surface area (TPSA) is 69.8 Å². The van der Waals surface area contributed by atoms with Gasteiger partial charge in [0, 0.05) is 0 Å². The quantitative estimate of drug-likeness (QED) is 0.763. The van der Waals surface area contributed by atoms with Crippen LogP contribution in [0, 0.1) is 18.3 Å². The molecule has 0 fully saturated rings. The van der Waals surface area contributed by atoms with Crippen molar-refractivity contribution < 1.29 is 4.42 Å². The van der Waals surface area contributed by atoms with Gasteiger partial charge in [0.25, 0.3) is 5.56 Å². The molecule has 0 saturated heterocycles. The number of aromatic amines is 1. The summed E-state index contributed by atoms with van der Waals surface area (Å²) >= 11 is 0. The Balaban J connectivity index is 2.53. The first-order chi connectivity index (χ1) is 7.20. The highest BCUT2D eigenvalue weighted by Gasteiger charge is 2.05. The number of hydrogen-bond donors (Lipinski definition) is 1. The van der Waals surface area contributed by atoms with E-state index in [9.17, 15) is 4.79 Å². The zero-order chi connectivity index (χ0) is 10.8. The van der Waals surface area contributed by atoms with Crippen molar-refractivity contribution in [1.82, 2.24) is 4.98 Å². The van der Waals surface area contributed by atoms with Crippen molar-refractivity contribution in [3.05, 3.63) is 45.9 Å². The van der Waals surface area contributed by atoms with Gasteiger partial charge >= 0.3 is 0 Å². The monoisotopic (exact) mass is 200 g/mol. The minimum Gasteiger partial charge on any atom is -0.460 e. The molecule has 0 aromatic carbocycles. The molecule has 0 atom stereocenters. The fourth-order valence-electron chi connectivity index (χ4n) is 1.28. The van der Waals surface area contributed by atoms with Gasteiger partial charge in [-0.15, -0.1) is 0 Å². The van der Waals surface area contributed by atoms with Crippen LogP contribution in [0.1, 0.15) is 11.3 Å². The van der Waals surface area contributed by atoms with Crippen LogP contribution in [0.3, 0.4) is 0 Å². The second-order valence-corrected chi connectivity index (χ2v) is 3.14. The van der Waals surface area contributed by atoms with Gasteiger partial charge in [-0.2, -0.15) is 5.26 Å². The molecule has 0 amide bonds. The number of hydrogen-bond acceptors (Lipinski definition) is 3. The summed E-state index contributed by atoms with van der Waals surface area (Å²) < 4.78 is 5.35. The van der Waals surface area contributed by atoms with Crippen LogP contribution in [0.5, 0.6) is 0 Å². The van der Waals surface area contributed by atoms with E-state index in [-0.39, 0.29) is 5.56 Å². The first-order valence-electron chi connectivity index (χ1n) is 4.41. The Morgan fingerprint density at radius 3 is 2.67 bits per heavy atom. The average Bonchev–Trinajstić information content (AvgIpc) is 2.65. The molecule has 0 unspecified atom stereocenters. The summed E-state index contributed by atoms with van der Waals surface area (Å²) in [5.74, 6) is 1.37. The SMILES string of the molecule is Cc1ccc(-c2ccc(C#N)c(=O)[nH]2)o1. The third-order valence-corrected chi connectivity index (χ3v) is 2.04. The summed E-state index contributed by atoms with van der Waals surface area (Å²) in [6, 6.07) is 8.52. The third-order valence-electron chi connectivity index (χ3n) is 2.04. The lowest BCUT2D eigenvalue weighted by Crippen LogP contribution is -2.09. The van der Waals surface area contributed by atoms with Gasteiger partial charge in [0.2, 0.25) is 0 Å². The predicted molar refractivity (Wildman–Crippen MR) is 54.2 cm³/mol. The van der Waals surface area contributed by atoms with Gasteiger partial charge < -0.3 is 9.40 Å². The number of nitriles is 1. The molecule has 2 rings (SSSR count). The van der Waals surface area contributed by atoms with Crippen LogP contribution in [-0.2, 0) is 0 Å². The maximum absolute atomic E-state index is 11.3. The lowest BCUT2D eigenvalue weighted by atomic mass is 10.2. The highest BCUT2D eigenvalue weighted by atomic mass is 16.3. The number of aryl methyl sites for hydroxylation is 1. The van der Waals surface area contributed by atoms with Crippen molar-refractivity contribution in [3.63, 3.8) is 0 Å². The zero-order valence-electron chi connectivity index (χ0n) is 8.07. The number of nitrogens with one attached hydrogen (secondary N) is 1. The summed E-state index contributed by atoms with van der Waals surface area (Å²) in [5.41, 5.74) is 0.276. The molecular weight excluding hydrogens is 192 g/mol. The second-order valence-electron chi connectivity index (χ2n) is 3.14. The van der Waals surface area contributed by atoms with Gasteiger partial charge in [-0.3, -0.25) is 4.79 Å². The van der Waals surface area contributed by atoms with Gasteiger partial charge in [0.05, 0.1) is 5.69 Å². The van der Waals surface area contributed by atoms with Crippen molar-refractivity contribution in [2.75, 3.05) is 0 Å². The minimum atomic E-state index is -0.399. The van der Waals surface area contributed by atoms with Crippen molar-refractivity contribution in [2.45, 2.75) is 6.92 Å². The molecule has 2 aromatic heterocycles. The summed E-state index contributed by atoms with van der Waals surface area (Å²) in [7, 11) is 0. The number of aromatic nitrogens is 1. The van der Waals surface area contributed by atoms with Crippen molar-refractivity contribution in [1.29, 1.82) is 5.26 Å². The molecule has 1 N–H and O–H groups in total. The number of pyridine rings is 1. The van der Waals surface area contributed by atoms with Crippen LogP contribution >= 0.6 is 0 Å². The van der Waals surface area contributed by atoms with Crippen LogP contribution in [0.2, 0.25) is 0 Å². The normalized spacial score (nSPS) is 9.87. The fraction of sp³-hybridized carbons (Fsp3) is 0.0909. The molecule has 4 nitrogen and oxygen atoms in total. The Morgan fingerprint density at radius 2 is 2.13 bits per heavy atom. The summed E-state index contributed by atoms with van der Waals surface area (Å²) in [6.45, 7) is 1.82. The van der Waals surface area contributed by atoms with E-state index in [1.165, 1.54) is 6.07 Å². The molecule has 0 aliphatic carbocycles. The third kappa shape index (κ3) is 1.67. The molecule has 4 heteroatoms. The van der Waals surface area contributed by atoms with Crippen molar-refractivity contribution in [2.24, 2.45) is 0 Å². The van der Waals surface area contributed by atoms with Crippen LogP contribution < -0.4 is 5.56 Å². The predicted octanol–water partition coefficient (Wildman–Crippen LogP) is 1.81. The van der Waals surface area contributed by atoms with Gasteiger partial charge in [-0.25, -0.2) is 0 Å². The van der Waals surface area contributed by atoms with Gasteiger partial charge in [0.15, 0.2) is 5.76 Å². The van der Waals surface area contributed by atoms with Crippen LogP contribution in [0.25, 0.3) is 11.5 Å². The smallest absolute Gasteiger partial charge is 0.266 e. The molecule has 2 heterocycles. The van der Waals surface area contributed by atoms with Gasteiger partial charge in [0.1, 0.15) is 17.4 Å². The Labute approximate surface area is 85.8 Å². The summed E-state index contributed by atoms with van der Waals surface area (Å²) in [5, 5.41) is 8.59. The van der Waals surface area contributed by atoms with Gasteiger partial charge in [-0.05, 0) is 31.2 Å². The second kappa shape index (κ2) is 3.46. The maximum atomic E-state index is 11.3. The number of rotatable bonds is 1. The molecule has 0 aliphatic heterocycles. The Kier molecular flexibility index (Phi) is 2.14. The fourth-order valence-corrected chi connectivity index (χ4v) is 1.28. The van der Waals surface area contributed by atoms with E-state index in [0.29, 0.717) is 11.5 Å². The Bertz CT molecular complexity index is 587. The lowest BCUT2D eigenvalue weighted by Gasteiger charge is -1.96. The van der Waals surface area contributed by atoms with Crippen molar-refractivity contribution >= 4 is 0 Å². The molecule has 74 valence electrons.